The highest BCUT2D eigenvalue weighted by Gasteiger charge is 2.36. The number of aromatic carboxylic acids is 3. The van der Waals surface area contributed by atoms with Crippen molar-refractivity contribution in [2.45, 2.75) is 189 Å². The molecule has 0 unspecified atom stereocenters. The van der Waals surface area contributed by atoms with Crippen LogP contribution in [0, 0.1) is 38.7 Å². The predicted molar refractivity (Wildman–Crippen MR) is 537 cm³/mol. The fourth-order valence-corrected chi connectivity index (χ4v) is 22.0. The number of carboxylic acid groups (broad SMARTS) is 3. The molecule has 3 amide bonds. The summed E-state index contributed by atoms with van der Waals surface area (Å²) in [6.45, 7) is 10.9. The summed E-state index contributed by atoms with van der Waals surface area (Å²) in [5, 5.41) is 69.6. The Morgan fingerprint density at radius 1 is 0.357 bits per heavy atom. The van der Waals surface area contributed by atoms with E-state index in [0.29, 0.717) is 45.8 Å². The molecule has 3 aliphatic rings. The molecule has 0 aromatic heterocycles. The van der Waals surface area contributed by atoms with Crippen molar-refractivity contribution in [3.05, 3.63) is 373 Å². The van der Waals surface area contributed by atoms with E-state index in [1.54, 1.807) is 109 Å². The molecule has 724 valence electrons. The van der Waals surface area contributed by atoms with Gasteiger partial charge in [0.2, 0.25) is 47.8 Å². The van der Waals surface area contributed by atoms with Gasteiger partial charge in [0.05, 0.1) is 72.2 Å². The van der Waals surface area contributed by atoms with E-state index in [1.165, 1.54) is 180 Å². The van der Waals surface area contributed by atoms with E-state index in [0.717, 1.165) is 84.8 Å². The van der Waals surface area contributed by atoms with Gasteiger partial charge in [0.25, 0.3) is 0 Å². The summed E-state index contributed by atoms with van der Waals surface area (Å²) in [5.41, 5.74) is 17.1. The van der Waals surface area contributed by atoms with Crippen LogP contribution in [0.25, 0.3) is 4.85 Å². The summed E-state index contributed by atoms with van der Waals surface area (Å²) in [5.74, 6) is -5.73. The molecule has 8 N–H and O–H groups in total. The molecule has 15 rings (SSSR count). The standard InChI is InChI=1S/2C37H37N3O6S.C36H39N3O6S/c1-26-11-18-33(19-12-26)47(45,46)39(23-28-7-6-10-31(21-28)38-2)25-36(42)40(32-17-20-34(37(43)44)35(41)22-32)24-27-13-15-30(16-14-27)29-8-4-3-5-9-29;1-26-11-18-33(19-12-26)47(45,46)39(24-31-10-6-5-9-30(31)22-38)25-36(42)40(32-17-20-34(37(43)44)35(41)21-32)23-27-13-15-29(16-14-27)28-7-3-2-4-8-28;1-25-10-17-32(18-11-25)46(44,45)38(22-27-6-5-9-30(37)20-27)24-35(41)39(31-16-19-33(36(42)43)34(40)21-31)23-26-12-14-29(15-13-26)28-7-3-2-4-8-28/h6-7,10-22,29,41H,3-5,8-9,23-25H2,1H3,(H,43,44);5-6,9-21,28,41H,2-4,7-8,23-25H2,1H3,(H,43,44);5-6,9-21,28,40H,2-4,7-8,22-24,37H2,1H3,(H,42,43). The van der Waals surface area contributed by atoms with Crippen LogP contribution < -0.4 is 20.4 Å². The first-order valence-electron chi connectivity index (χ1n) is 46.5. The number of aryl methyl sites for hydroxylation is 3. The number of nitrogens with zero attached hydrogens (tertiary/aromatic N) is 8. The van der Waals surface area contributed by atoms with Gasteiger partial charge in [-0.15, -0.1) is 0 Å². The van der Waals surface area contributed by atoms with Crippen molar-refractivity contribution in [2.75, 3.05) is 40.1 Å². The Hall–Kier alpha value is -14.6. The number of amides is 3. The van der Waals surface area contributed by atoms with Gasteiger partial charge in [-0.05, 0) is 218 Å². The van der Waals surface area contributed by atoms with E-state index in [9.17, 15) is 89.9 Å². The molecular formula is C110H113N9O18S3. The monoisotopic (exact) mass is 1940 g/mol. The maximum Gasteiger partial charge on any atom is 0.339 e. The van der Waals surface area contributed by atoms with Crippen LogP contribution >= 0.6 is 0 Å². The second kappa shape index (κ2) is 47.1. The fourth-order valence-electron chi connectivity index (χ4n) is 17.9. The van der Waals surface area contributed by atoms with Crippen LogP contribution in [0.1, 0.15) is 217 Å². The van der Waals surface area contributed by atoms with Gasteiger partial charge in [-0.2, -0.15) is 18.2 Å². The zero-order valence-electron chi connectivity index (χ0n) is 78.1. The molecule has 3 saturated carbocycles. The molecule has 0 radical (unpaired) electrons. The number of benzene rings is 12. The Labute approximate surface area is 817 Å². The molecular weight excluding hydrogens is 1830 g/mol. The van der Waals surface area contributed by atoms with Gasteiger partial charge in [0.15, 0.2) is 5.69 Å². The number of nitrogens with two attached hydrogens (primary N) is 1. The molecule has 0 bridgehead atoms. The number of sulfonamides is 3. The van der Waals surface area contributed by atoms with Crippen LogP contribution in [0.2, 0.25) is 0 Å². The first-order chi connectivity index (χ1) is 67.1. The number of anilines is 4. The Bertz CT molecular complexity index is 6900. The van der Waals surface area contributed by atoms with Crippen molar-refractivity contribution in [1.29, 1.82) is 5.26 Å². The number of carboxylic acids is 3. The normalized spacial score (nSPS) is 13.7. The van der Waals surface area contributed by atoms with Gasteiger partial charge in [-0.1, -0.05) is 238 Å². The van der Waals surface area contributed by atoms with Gasteiger partial charge < -0.3 is 51.1 Å². The van der Waals surface area contributed by atoms with Crippen LogP contribution in [0.4, 0.5) is 28.4 Å². The van der Waals surface area contributed by atoms with E-state index in [-0.39, 0.29) is 93.3 Å². The SMILES string of the molecule is Cc1ccc(S(=O)(=O)N(CC(=O)N(Cc2ccc(C3CCCCC3)cc2)c2ccc(C(=O)O)c(O)c2)Cc2cccc(N)c2)cc1.Cc1ccc(S(=O)(=O)N(CC(=O)N(Cc2ccc(C3CCCCC3)cc2)c2ccc(C(=O)O)c(O)c2)Cc2ccccc2C#N)cc1.[C-]#[N+]c1cccc(CN(CC(=O)N(Cc2ccc(C3CCCCC3)cc2)c2ccc(C(=O)O)c(O)c2)S(=O)(=O)c2ccc(C)cc2)c1. The van der Waals surface area contributed by atoms with Gasteiger partial charge in [0, 0.05) is 60.6 Å². The van der Waals surface area contributed by atoms with Gasteiger partial charge in [-0.25, -0.2) is 44.5 Å². The van der Waals surface area contributed by atoms with E-state index < -0.39 is 103 Å². The molecule has 0 heterocycles. The minimum atomic E-state index is -4.22. The quantitative estimate of drug-likeness (QED) is 0.0148. The Morgan fingerprint density at radius 3 is 0.964 bits per heavy atom. The van der Waals surface area contributed by atoms with E-state index in [1.807, 2.05) is 57.2 Å². The highest BCUT2D eigenvalue weighted by atomic mass is 32.2. The van der Waals surface area contributed by atoms with Crippen molar-refractivity contribution in [3.8, 4) is 23.3 Å². The second-order valence-electron chi connectivity index (χ2n) is 35.7. The summed E-state index contributed by atoms with van der Waals surface area (Å²) >= 11 is 0. The molecule has 3 fully saturated rings. The molecule has 12 aromatic carbocycles. The molecule has 0 aliphatic heterocycles. The molecule has 0 saturated heterocycles. The third kappa shape index (κ3) is 26.6. The Kier molecular flexibility index (Phi) is 34.6. The second-order valence-corrected chi connectivity index (χ2v) is 41.6. The summed E-state index contributed by atoms with van der Waals surface area (Å²) in [6, 6.07) is 76.8. The fraction of sp³-hybridized carbons (Fsp3) is 0.273. The largest absolute Gasteiger partial charge is 0.507 e. The number of aromatic hydroxyl groups is 3. The summed E-state index contributed by atoms with van der Waals surface area (Å²) in [6.07, 6.45) is 17.8. The lowest BCUT2D eigenvalue weighted by molar-refractivity contribution is -0.119. The van der Waals surface area contributed by atoms with Crippen LogP contribution in [0.5, 0.6) is 17.2 Å². The van der Waals surface area contributed by atoms with E-state index in [4.69, 9.17) is 12.3 Å². The zero-order chi connectivity index (χ0) is 100.0. The van der Waals surface area contributed by atoms with Gasteiger partial charge in [0.1, 0.15) is 33.9 Å². The average molecular weight is 1950 g/mol. The lowest BCUT2D eigenvalue weighted by Crippen LogP contribution is -2.42. The topological polar surface area (TPSA) is 400 Å². The number of carbonyl (C=O) groups is 6. The highest BCUT2D eigenvalue weighted by Crippen LogP contribution is 2.39. The summed E-state index contributed by atoms with van der Waals surface area (Å²) < 4.78 is 87.2. The maximum absolute atomic E-state index is 14.2. The number of nitriles is 1. The van der Waals surface area contributed by atoms with Crippen molar-refractivity contribution in [1.82, 2.24) is 12.9 Å². The van der Waals surface area contributed by atoms with Crippen LogP contribution in [-0.2, 0) is 83.7 Å². The number of phenols is 3. The van der Waals surface area contributed by atoms with Crippen LogP contribution in [0.3, 0.4) is 0 Å². The third-order valence-corrected chi connectivity index (χ3v) is 31.2. The lowest BCUT2D eigenvalue weighted by Gasteiger charge is -2.28. The molecule has 12 aromatic rings. The number of hydrogen-bond acceptors (Lipinski definition) is 17. The van der Waals surface area contributed by atoms with E-state index in [2.05, 4.69) is 47.3 Å². The number of nitrogen functional groups attached to an aromatic ring is 1. The van der Waals surface area contributed by atoms with Gasteiger partial charge in [-0.3, -0.25) is 14.4 Å². The van der Waals surface area contributed by atoms with Gasteiger partial charge >= 0.3 is 17.9 Å². The lowest BCUT2D eigenvalue weighted by atomic mass is 9.84. The van der Waals surface area contributed by atoms with Crippen LogP contribution in [-0.4, -0.2) is 124 Å². The molecule has 3 aliphatic carbocycles. The average Bonchev–Trinajstić information content (AvgIpc) is 0.797. The molecule has 0 atom stereocenters. The summed E-state index contributed by atoms with van der Waals surface area (Å²) in [4.78, 5) is 85.0. The number of hydrogen-bond donors (Lipinski definition) is 7. The molecule has 30 heteroatoms. The maximum atomic E-state index is 14.2. The third-order valence-electron chi connectivity index (χ3n) is 25.8. The minimum Gasteiger partial charge on any atom is -0.507 e. The van der Waals surface area contributed by atoms with Crippen molar-refractivity contribution in [3.63, 3.8) is 0 Å². The first-order valence-corrected chi connectivity index (χ1v) is 50.8. The van der Waals surface area contributed by atoms with Crippen molar-refractivity contribution in [2.24, 2.45) is 0 Å². The highest BCUT2D eigenvalue weighted by molar-refractivity contribution is 7.89. The molecule has 27 nitrogen and oxygen atoms in total. The molecule has 140 heavy (non-hydrogen) atoms. The number of carbonyl (C=O) groups excluding carboxylic acids is 3. The van der Waals surface area contributed by atoms with E-state index >= 15 is 0 Å². The van der Waals surface area contributed by atoms with Crippen molar-refractivity contribution >= 4 is 94.1 Å². The smallest absolute Gasteiger partial charge is 0.339 e. The Balaban J connectivity index is 0.000000177. The van der Waals surface area contributed by atoms with Crippen molar-refractivity contribution < 1.29 is 84.7 Å². The van der Waals surface area contributed by atoms with Crippen LogP contribution in [0.15, 0.2) is 288 Å². The molecule has 0 spiro atoms. The predicted octanol–water partition coefficient (Wildman–Crippen LogP) is 20.6. The Morgan fingerprint density at radius 2 is 0.664 bits per heavy atom. The number of rotatable bonds is 33. The minimum absolute atomic E-state index is 0.00125. The summed E-state index contributed by atoms with van der Waals surface area (Å²) in [7, 11) is -12.5. The zero-order valence-corrected chi connectivity index (χ0v) is 80.6. The first kappa shape index (κ1) is 103.